The van der Waals surface area contributed by atoms with Crippen molar-refractivity contribution in [2.24, 2.45) is 5.10 Å². The molecule has 1 N–H and O–H groups in total. The summed E-state index contributed by atoms with van der Waals surface area (Å²) in [5.74, 6) is 1.19. The van der Waals surface area contributed by atoms with Crippen LogP contribution in [-0.2, 0) is 6.61 Å². The number of benzene rings is 3. The summed E-state index contributed by atoms with van der Waals surface area (Å²) in [6.45, 7) is 0.423. The first-order valence-corrected chi connectivity index (χ1v) is 10.1. The maximum absolute atomic E-state index is 5.76. The van der Waals surface area contributed by atoms with Crippen molar-refractivity contribution >= 4 is 22.9 Å². The third-order valence-corrected chi connectivity index (χ3v) is 4.84. The molecule has 8 nitrogen and oxygen atoms in total. The molecule has 3 aromatic carbocycles. The van der Waals surface area contributed by atoms with Crippen LogP contribution in [0.3, 0.4) is 0 Å². The number of nitrogens with one attached hydrogen (secondary N) is 1. The highest BCUT2D eigenvalue weighted by Gasteiger charge is 2.10. The average molecular weight is 421 g/mol. The van der Waals surface area contributed by atoms with Gasteiger partial charge < -0.3 is 4.74 Å². The number of hydrogen-bond acceptors (Lipinski definition) is 7. The summed E-state index contributed by atoms with van der Waals surface area (Å²) in [5, 5.41) is 18.4. The Balaban J connectivity index is 1.26. The van der Waals surface area contributed by atoms with E-state index in [0.29, 0.717) is 12.6 Å². The van der Waals surface area contributed by atoms with Crippen LogP contribution in [-0.4, -0.2) is 31.4 Å². The number of hydrogen-bond donors (Lipinski definition) is 1. The van der Waals surface area contributed by atoms with E-state index in [1.54, 1.807) is 17.1 Å². The highest BCUT2D eigenvalue weighted by Crippen LogP contribution is 2.23. The van der Waals surface area contributed by atoms with E-state index in [1.807, 2.05) is 72.8 Å². The van der Waals surface area contributed by atoms with Gasteiger partial charge in [-0.05, 0) is 63.8 Å². The topological polar surface area (TPSA) is 90.1 Å². The molecule has 0 amide bonds. The summed E-state index contributed by atoms with van der Waals surface area (Å²) >= 11 is 0. The molecule has 2 heterocycles. The molecular formula is C24H19N7O. The lowest BCUT2D eigenvalue weighted by Gasteiger charge is -2.07. The van der Waals surface area contributed by atoms with Crippen LogP contribution in [0, 0.1) is 0 Å². The average Bonchev–Trinajstić information content (AvgIpc) is 3.32. The van der Waals surface area contributed by atoms with Gasteiger partial charge in [-0.2, -0.15) is 9.78 Å². The molecule has 0 fully saturated rings. The molecule has 0 radical (unpaired) electrons. The van der Waals surface area contributed by atoms with Crippen molar-refractivity contribution < 1.29 is 4.74 Å². The van der Waals surface area contributed by atoms with Crippen molar-refractivity contribution in [3.8, 4) is 11.4 Å². The van der Waals surface area contributed by atoms with E-state index in [1.165, 1.54) is 0 Å². The molecule has 32 heavy (non-hydrogen) atoms. The fourth-order valence-electron chi connectivity index (χ4n) is 3.27. The summed E-state index contributed by atoms with van der Waals surface area (Å²) < 4.78 is 7.39. The van der Waals surface area contributed by atoms with Gasteiger partial charge in [-0.25, -0.2) is 5.43 Å². The van der Waals surface area contributed by atoms with Crippen molar-refractivity contribution in [3.05, 3.63) is 102 Å². The minimum atomic E-state index is 0.423. The standard InChI is InChI=1S/C24H19N7O/c1-2-9-22-19(6-1)7-5-10-23(22)31-24(28-29-30-31)27-26-16-18-11-13-21(14-12-18)32-17-20-8-3-4-15-25-20/h1-16H,17H2,(H,27,28,30). The number of tetrazole rings is 1. The van der Waals surface area contributed by atoms with E-state index in [0.717, 1.165) is 33.5 Å². The maximum Gasteiger partial charge on any atom is 0.268 e. The van der Waals surface area contributed by atoms with Crippen LogP contribution in [0.15, 0.2) is 96.2 Å². The quantitative estimate of drug-likeness (QED) is 0.312. The van der Waals surface area contributed by atoms with Crippen LogP contribution >= 0.6 is 0 Å². The molecule has 0 aliphatic carbocycles. The second-order valence-electron chi connectivity index (χ2n) is 6.96. The van der Waals surface area contributed by atoms with Gasteiger partial charge in [0.05, 0.1) is 17.6 Å². The van der Waals surface area contributed by atoms with Crippen LogP contribution < -0.4 is 10.2 Å². The molecule has 0 saturated heterocycles. The Bertz CT molecular complexity index is 1340. The Labute approximate surface area is 184 Å². The van der Waals surface area contributed by atoms with Crippen molar-refractivity contribution in [1.82, 2.24) is 25.2 Å². The highest BCUT2D eigenvalue weighted by molar-refractivity contribution is 5.90. The minimum Gasteiger partial charge on any atom is -0.487 e. The third kappa shape index (κ3) is 4.29. The van der Waals surface area contributed by atoms with Crippen LogP contribution in [0.1, 0.15) is 11.3 Å². The summed E-state index contributed by atoms with van der Waals surface area (Å²) in [6, 6.07) is 27.5. The van der Waals surface area contributed by atoms with Crippen molar-refractivity contribution in [2.45, 2.75) is 6.61 Å². The molecule has 0 aliphatic rings. The van der Waals surface area contributed by atoms with E-state index in [4.69, 9.17) is 4.74 Å². The fraction of sp³-hybridized carbons (Fsp3) is 0.0417. The predicted octanol–water partition coefficient (Wildman–Crippen LogP) is 4.24. The van der Waals surface area contributed by atoms with Gasteiger partial charge in [0.1, 0.15) is 12.4 Å². The monoisotopic (exact) mass is 421 g/mol. The molecule has 0 unspecified atom stereocenters. The van der Waals surface area contributed by atoms with Crippen molar-refractivity contribution in [2.75, 3.05) is 5.43 Å². The van der Waals surface area contributed by atoms with Crippen LogP contribution in [0.25, 0.3) is 16.5 Å². The van der Waals surface area contributed by atoms with Crippen molar-refractivity contribution in [3.63, 3.8) is 0 Å². The first-order valence-electron chi connectivity index (χ1n) is 10.1. The zero-order chi connectivity index (χ0) is 21.6. The van der Waals surface area contributed by atoms with Gasteiger partial charge in [0.2, 0.25) is 0 Å². The number of fused-ring (bicyclic) bond motifs is 1. The maximum atomic E-state index is 5.76. The molecule has 0 aliphatic heterocycles. The van der Waals surface area contributed by atoms with E-state index in [2.05, 4.69) is 43.2 Å². The number of aromatic nitrogens is 5. The van der Waals surface area contributed by atoms with Crippen molar-refractivity contribution in [1.29, 1.82) is 0 Å². The van der Waals surface area contributed by atoms with E-state index in [9.17, 15) is 0 Å². The Morgan fingerprint density at radius 1 is 0.906 bits per heavy atom. The fourth-order valence-corrected chi connectivity index (χ4v) is 3.27. The van der Waals surface area contributed by atoms with Gasteiger partial charge >= 0.3 is 0 Å². The zero-order valence-electron chi connectivity index (χ0n) is 17.0. The van der Waals surface area contributed by atoms with Gasteiger partial charge in [0, 0.05) is 11.6 Å². The van der Waals surface area contributed by atoms with Crippen LogP contribution in [0.2, 0.25) is 0 Å². The Morgan fingerprint density at radius 2 is 1.75 bits per heavy atom. The molecule has 5 aromatic rings. The number of rotatable bonds is 7. The Morgan fingerprint density at radius 3 is 2.62 bits per heavy atom. The normalized spacial score (nSPS) is 11.1. The Hall–Kier alpha value is -4.59. The molecule has 0 bridgehead atoms. The molecule has 156 valence electrons. The highest BCUT2D eigenvalue weighted by atomic mass is 16.5. The summed E-state index contributed by atoms with van der Waals surface area (Å²) in [6.07, 6.45) is 3.45. The molecule has 0 atom stereocenters. The molecule has 8 heteroatoms. The Kier molecular flexibility index (Phi) is 5.48. The van der Waals surface area contributed by atoms with Gasteiger partial charge in [0.25, 0.3) is 5.95 Å². The number of ether oxygens (including phenoxy) is 1. The number of nitrogens with zero attached hydrogens (tertiary/aromatic N) is 6. The van der Waals surface area contributed by atoms with Crippen LogP contribution in [0.5, 0.6) is 5.75 Å². The van der Waals surface area contributed by atoms with Gasteiger partial charge in [-0.1, -0.05) is 47.6 Å². The minimum absolute atomic E-state index is 0.423. The number of anilines is 1. The zero-order valence-corrected chi connectivity index (χ0v) is 17.0. The van der Waals surface area contributed by atoms with Gasteiger partial charge in [0.15, 0.2) is 0 Å². The third-order valence-electron chi connectivity index (χ3n) is 4.84. The molecule has 2 aromatic heterocycles. The lowest BCUT2D eigenvalue weighted by atomic mass is 10.1. The smallest absolute Gasteiger partial charge is 0.268 e. The van der Waals surface area contributed by atoms with Gasteiger partial charge in [-0.3, -0.25) is 4.98 Å². The van der Waals surface area contributed by atoms with E-state index >= 15 is 0 Å². The molecule has 0 spiro atoms. The second-order valence-corrected chi connectivity index (χ2v) is 6.96. The number of hydrazone groups is 1. The van der Waals surface area contributed by atoms with Gasteiger partial charge in [-0.15, -0.1) is 0 Å². The molecular weight excluding hydrogens is 402 g/mol. The SMILES string of the molecule is C(=NNc1nnnn1-c1cccc2ccccc12)c1ccc(OCc2ccccn2)cc1. The van der Waals surface area contributed by atoms with E-state index in [-0.39, 0.29) is 0 Å². The second kappa shape index (κ2) is 9.05. The molecule has 0 saturated carbocycles. The lowest BCUT2D eigenvalue weighted by Crippen LogP contribution is -2.04. The predicted molar refractivity (Wildman–Crippen MR) is 123 cm³/mol. The first-order chi connectivity index (χ1) is 15.9. The summed E-state index contributed by atoms with van der Waals surface area (Å²) in [4.78, 5) is 4.25. The van der Waals surface area contributed by atoms with E-state index < -0.39 is 0 Å². The lowest BCUT2D eigenvalue weighted by molar-refractivity contribution is 0.301. The number of pyridine rings is 1. The first kappa shape index (κ1) is 19.4. The van der Waals surface area contributed by atoms with Crippen LogP contribution in [0.4, 0.5) is 5.95 Å². The summed E-state index contributed by atoms with van der Waals surface area (Å²) in [7, 11) is 0. The summed E-state index contributed by atoms with van der Waals surface area (Å²) in [5.41, 5.74) is 5.59. The molecule has 5 rings (SSSR count). The largest absolute Gasteiger partial charge is 0.487 e.